The summed E-state index contributed by atoms with van der Waals surface area (Å²) in [5.41, 5.74) is 0.573. The van der Waals surface area contributed by atoms with Gasteiger partial charge in [-0.1, -0.05) is 23.7 Å². The smallest absolute Gasteiger partial charge is 0.338 e. The second-order valence-electron chi connectivity index (χ2n) is 6.39. The van der Waals surface area contributed by atoms with Gasteiger partial charge in [0.1, 0.15) is 10.8 Å². The molecule has 0 saturated heterocycles. The first-order valence-electron chi connectivity index (χ1n) is 8.68. The zero-order valence-electron chi connectivity index (χ0n) is 16.3. The molecule has 12 heteroatoms. The first-order chi connectivity index (χ1) is 14.6. The van der Waals surface area contributed by atoms with Gasteiger partial charge in [0, 0.05) is 12.7 Å². The minimum absolute atomic E-state index is 0.0586. The molecule has 3 rings (SSSR count). The lowest BCUT2D eigenvalue weighted by Gasteiger charge is -2.21. The Kier molecular flexibility index (Phi) is 6.27. The van der Waals surface area contributed by atoms with E-state index in [1.807, 2.05) is 0 Å². The fraction of sp³-hybridized carbons (Fsp3) is 0.105. The van der Waals surface area contributed by atoms with E-state index in [2.05, 4.69) is 20.6 Å². The summed E-state index contributed by atoms with van der Waals surface area (Å²) in [7, 11) is -2.09. The van der Waals surface area contributed by atoms with Gasteiger partial charge in [0.2, 0.25) is 16.0 Å². The molecule has 1 heterocycles. The Morgan fingerprint density at radius 3 is 2.55 bits per heavy atom. The van der Waals surface area contributed by atoms with E-state index in [9.17, 15) is 17.6 Å². The number of nitrogens with one attached hydrogen (secondary N) is 2. The topological polar surface area (TPSA) is 125 Å². The summed E-state index contributed by atoms with van der Waals surface area (Å²) in [6.45, 7) is 0. The molecule has 0 fully saturated rings. The van der Waals surface area contributed by atoms with Gasteiger partial charge in [-0.3, -0.25) is 4.31 Å². The van der Waals surface area contributed by atoms with Crippen LogP contribution in [-0.2, 0) is 10.0 Å². The molecule has 3 N–H and O–H groups in total. The summed E-state index contributed by atoms with van der Waals surface area (Å²) in [5, 5.41) is 14.8. The number of aromatic carboxylic acids is 1. The molecule has 0 aliphatic heterocycles. The molecule has 0 aliphatic carbocycles. The average molecular weight is 466 g/mol. The van der Waals surface area contributed by atoms with Crippen LogP contribution in [0.15, 0.2) is 48.7 Å². The highest BCUT2D eigenvalue weighted by Gasteiger charge is 2.17. The van der Waals surface area contributed by atoms with Gasteiger partial charge < -0.3 is 15.7 Å². The number of carboxylic acids is 1. The lowest BCUT2D eigenvalue weighted by molar-refractivity contribution is 0.0692. The lowest BCUT2D eigenvalue weighted by Crippen LogP contribution is -2.25. The van der Waals surface area contributed by atoms with Gasteiger partial charge in [0.25, 0.3) is 0 Å². The van der Waals surface area contributed by atoms with E-state index < -0.39 is 27.4 Å². The number of para-hydroxylation sites is 2. The highest BCUT2D eigenvalue weighted by atomic mass is 35.5. The van der Waals surface area contributed by atoms with Crippen molar-refractivity contribution in [2.24, 2.45) is 0 Å². The van der Waals surface area contributed by atoms with Crippen LogP contribution in [0.2, 0.25) is 5.02 Å². The number of carboxylic acid groups (broad SMARTS) is 1. The highest BCUT2D eigenvalue weighted by molar-refractivity contribution is 7.92. The summed E-state index contributed by atoms with van der Waals surface area (Å²) >= 11 is 6.18. The standard InChI is InChI=1S/C19H17ClFN5O4S/c1-26(31(2,29)30)16-6-4-3-5-15(16)24-17-13(20)10-22-19(25-17)23-11-7-8-12(18(27)28)14(21)9-11/h3-10H,1-2H3,(H,27,28)(H2,22,23,24,25). The third-order valence-corrected chi connectivity index (χ3v) is 5.66. The van der Waals surface area contributed by atoms with Gasteiger partial charge >= 0.3 is 5.97 Å². The van der Waals surface area contributed by atoms with Crippen LogP contribution in [0.25, 0.3) is 0 Å². The quantitative estimate of drug-likeness (QED) is 0.480. The van der Waals surface area contributed by atoms with Crippen LogP contribution in [0.4, 0.5) is 33.2 Å². The maximum atomic E-state index is 13.9. The van der Waals surface area contributed by atoms with Gasteiger partial charge in [0.15, 0.2) is 5.82 Å². The Morgan fingerprint density at radius 2 is 1.90 bits per heavy atom. The van der Waals surface area contributed by atoms with Crippen LogP contribution in [0.1, 0.15) is 10.4 Å². The Balaban J connectivity index is 1.90. The molecular formula is C19H17ClFN5O4S. The third-order valence-electron chi connectivity index (χ3n) is 4.19. The van der Waals surface area contributed by atoms with Gasteiger partial charge in [-0.2, -0.15) is 4.98 Å². The number of anilines is 5. The zero-order chi connectivity index (χ0) is 22.8. The van der Waals surface area contributed by atoms with Crippen molar-refractivity contribution in [2.45, 2.75) is 0 Å². The SMILES string of the molecule is CN(c1ccccc1Nc1nc(Nc2ccc(C(=O)O)c(F)c2)ncc1Cl)S(C)(=O)=O. The van der Waals surface area contributed by atoms with Crippen molar-refractivity contribution in [3.05, 3.63) is 65.1 Å². The number of nitrogens with zero attached hydrogens (tertiary/aromatic N) is 3. The van der Waals surface area contributed by atoms with Crippen LogP contribution in [0.5, 0.6) is 0 Å². The van der Waals surface area contributed by atoms with Crippen LogP contribution in [-0.4, -0.2) is 42.8 Å². The molecular weight excluding hydrogens is 449 g/mol. The van der Waals surface area contributed by atoms with Crippen molar-refractivity contribution in [3.8, 4) is 0 Å². The lowest BCUT2D eigenvalue weighted by atomic mass is 10.2. The van der Waals surface area contributed by atoms with E-state index in [4.69, 9.17) is 16.7 Å². The largest absolute Gasteiger partial charge is 0.478 e. The van der Waals surface area contributed by atoms with Crippen molar-refractivity contribution in [2.75, 3.05) is 28.2 Å². The number of sulfonamides is 1. The fourth-order valence-electron chi connectivity index (χ4n) is 2.57. The molecule has 0 radical (unpaired) electrons. The number of carbonyl (C=O) groups is 1. The molecule has 0 aliphatic rings. The van der Waals surface area contributed by atoms with Crippen molar-refractivity contribution in [1.82, 2.24) is 9.97 Å². The van der Waals surface area contributed by atoms with Gasteiger partial charge in [-0.05, 0) is 30.3 Å². The summed E-state index contributed by atoms with van der Waals surface area (Å²) in [4.78, 5) is 19.2. The average Bonchev–Trinajstić information content (AvgIpc) is 2.69. The summed E-state index contributed by atoms with van der Waals surface area (Å²) in [5.74, 6) is -2.06. The zero-order valence-corrected chi connectivity index (χ0v) is 17.9. The Hall–Kier alpha value is -3.44. The van der Waals surface area contributed by atoms with Crippen LogP contribution >= 0.6 is 11.6 Å². The number of hydrogen-bond acceptors (Lipinski definition) is 7. The number of hydrogen-bond donors (Lipinski definition) is 3. The number of rotatable bonds is 7. The van der Waals surface area contributed by atoms with Gasteiger partial charge in [0.05, 0.1) is 29.4 Å². The Bertz CT molecular complexity index is 1260. The fourth-order valence-corrected chi connectivity index (χ4v) is 3.23. The molecule has 0 amide bonds. The maximum absolute atomic E-state index is 13.9. The molecule has 162 valence electrons. The molecule has 0 bridgehead atoms. The first kappa shape index (κ1) is 22.2. The number of aromatic nitrogens is 2. The molecule has 0 atom stereocenters. The van der Waals surface area contributed by atoms with E-state index in [1.54, 1.807) is 24.3 Å². The van der Waals surface area contributed by atoms with Crippen molar-refractivity contribution < 1.29 is 22.7 Å². The highest BCUT2D eigenvalue weighted by Crippen LogP contribution is 2.31. The minimum atomic E-state index is -3.51. The second-order valence-corrected chi connectivity index (χ2v) is 8.81. The number of benzene rings is 2. The third kappa shape index (κ3) is 5.19. The molecule has 1 aromatic heterocycles. The molecule has 0 spiro atoms. The Labute approximate surface area is 182 Å². The number of halogens is 2. The van der Waals surface area contributed by atoms with Gasteiger partial charge in [-0.15, -0.1) is 0 Å². The minimum Gasteiger partial charge on any atom is -0.478 e. The molecule has 0 unspecified atom stereocenters. The van der Waals surface area contributed by atoms with E-state index in [1.165, 1.54) is 19.3 Å². The van der Waals surface area contributed by atoms with Gasteiger partial charge in [-0.25, -0.2) is 22.6 Å². The van der Waals surface area contributed by atoms with E-state index >= 15 is 0 Å². The van der Waals surface area contributed by atoms with Crippen LogP contribution < -0.4 is 14.9 Å². The predicted octanol–water partition coefficient (Wildman–Crippen LogP) is 3.85. The Morgan fingerprint density at radius 1 is 1.19 bits per heavy atom. The molecule has 2 aromatic carbocycles. The van der Waals surface area contributed by atoms with Crippen molar-refractivity contribution in [3.63, 3.8) is 0 Å². The second kappa shape index (κ2) is 8.74. The molecule has 0 saturated carbocycles. The molecule has 31 heavy (non-hydrogen) atoms. The van der Waals surface area contributed by atoms with Crippen LogP contribution in [0, 0.1) is 5.82 Å². The van der Waals surface area contributed by atoms with Crippen molar-refractivity contribution in [1.29, 1.82) is 0 Å². The first-order valence-corrected chi connectivity index (χ1v) is 10.9. The van der Waals surface area contributed by atoms with Crippen LogP contribution in [0.3, 0.4) is 0 Å². The van der Waals surface area contributed by atoms with E-state index in [-0.39, 0.29) is 22.5 Å². The van der Waals surface area contributed by atoms with E-state index in [0.29, 0.717) is 11.4 Å². The van der Waals surface area contributed by atoms with Crippen molar-refractivity contribution >= 4 is 56.4 Å². The summed E-state index contributed by atoms with van der Waals surface area (Å²) in [6, 6.07) is 10.2. The van der Waals surface area contributed by atoms with E-state index in [0.717, 1.165) is 22.7 Å². The summed E-state index contributed by atoms with van der Waals surface area (Å²) < 4.78 is 38.9. The normalized spacial score (nSPS) is 11.1. The monoisotopic (exact) mass is 465 g/mol. The molecule has 9 nitrogen and oxygen atoms in total. The predicted molar refractivity (Wildman–Crippen MR) is 117 cm³/mol. The summed E-state index contributed by atoms with van der Waals surface area (Å²) in [6.07, 6.45) is 2.39. The molecule has 3 aromatic rings. The maximum Gasteiger partial charge on any atom is 0.338 e.